The minimum absolute atomic E-state index is 0.0311. The average molecular weight is 588 g/mol. The van der Waals surface area contributed by atoms with Crippen LogP contribution in [0.3, 0.4) is 0 Å². The van der Waals surface area contributed by atoms with Gasteiger partial charge in [-0.05, 0) is 61.2 Å². The molecule has 0 aromatic heterocycles. The predicted octanol–water partition coefficient (Wildman–Crippen LogP) is 5.11. The highest BCUT2D eigenvalue weighted by molar-refractivity contribution is 7.92. The first-order chi connectivity index (χ1) is 18.9. The number of hydrogen-bond acceptors (Lipinski definition) is 4. The highest BCUT2D eigenvalue weighted by atomic mass is 35.5. The van der Waals surface area contributed by atoms with E-state index in [1.54, 1.807) is 25.1 Å². The van der Waals surface area contributed by atoms with Gasteiger partial charge in [-0.3, -0.25) is 13.9 Å². The highest BCUT2D eigenvalue weighted by Crippen LogP contribution is 2.28. The Balaban J connectivity index is 2.08. The summed E-state index contributed by atoms with van der Waals surface area (Å²) in [5, 5.41) is 3.33. The summed E-state index contributed by atoms with van der Waals surface area (Å²) in [6.45, 7) is 4.90. The maximum atomic E-state index is 14.1. The molecule has 0 fully saturated rings. The van der Waals surface area contributed by atoms with Crippen molar-refractivity contribution in [3.8, 4) is 0 Å². The van der Waals surface area contributed by atoms with Crippen molar-refractivity contribution in [3.63, 3.8) is 0 Å². The molecule has 40 heavy (non-hydrogen) atoms. The molecule has 0 radical (unpaired) electrons. The molecule has 0 heterocycles. The lowest BCUT2D eigenvalue weighted by Crippen LogP contribution is -2.54. The maximum Gasteiger partial charge on any atom is 0.244 e. The molecule has 3 aromatic rings. The van der Waals surface area contributed by atoms with E-state index < -0.39 is 34.3 Å². The fourth-order valence-electron chi connectivity index (χ4n) is 4.24. The monoisotopic (exact) mass is 587 g/mol. The molecule has 10 heteroatoms. The van der Waals surface area contributed by atoms with Crippen molar-refractivity contribution in [2.45, 2.75) is 52.2 Å². The number of rotatable bonds is 12. The van der Waals surface area contributed by atoms with E-state index in [0.717, 1.165) is 16.1 Å². The van der Waals surface area contributed by atoms with Crippen LogP contribution in [0.15, 0.2) is 72.8 Å². The van der Waals surface area contributed by atoms with Gasteiger partial charge in [-0.1, -0.05) is 67.1 Å². The first-order valence-electron chi connectivity index (χ1n) is 13.0. The number of hydrogen-bond donors (Lipinski definition) is 1. The third-order valence-electron chi connectivity index (χ3n) is 6.73. The summed E-state index contributed by atoms with van der Waals surface area (Å²) in [6, 6.07) is 18.6. The van der Waals surface area contributed by atoms with E-state index in [1.165, 1.54) is 29.2 Å². The molecule has 0 saturated carbocycles. The van der Waals surface area contributed by atoms with Crippen LogP contribution < -0.4 is 9.62 Å². The van der Waals surface area contributed by atoms with Crippen LogP contribution in [0.4, 0.5) is 10.1 Å². The summed E-state index contributed by atoms with van der Waals surface area (Å²) in [7, 11) is -3.92. The van der Waals surface area contributed by atoms with Crippen LogP contribution in [0.25, 0.3) is 0 Å². The Bertz CT molecular complexity index is 1420. The van der Waals surface area contributed by atoms with Gasteiger partial charge in [0.15, 0.2) is 0 Å². The topological polar surface area (TPSA) is 86.8 Å². The summed E-state index contributed by atoms with van der Waals surface area (Å²) in [5.74, 6) is -1.38. The summed E-state index contributed by atoms with van der Waals surface area (Å²) in [5.41, 5.74) is 2.19. The lowest BCUT2D eigenvalue weighted by atomic mass is 10.0. The first kappa shape index (κ1) is 31.1. The maximum absolute atomic E-state index is 14.1. The van der Waals surface area contributed by atoms with Gasteiger partial charge < -0.3 is 10.2 Å². The molecule has 2 unspecified atom stereocenters. The smallest absolute Gasteiger partial charge is 0.244 e. The summed E-state index contributed by atoms with van der Waals surface area (Å²) in [6.07, 6.45) is 1.90. The van der Waals surface area contributed by atoms with Crippen molar-refractivity contribution >= 4 is 39.1 Å². The number of amides is 2. The number of halogens is 2. The Morgan fingerprint density at radius 3 is 2.23 bits per heavy atom. The van der Waals surface area contributed by atoms with Crippen LogP contribution in [0.5, 0.6) is 0 Å². The molecule has 0 aliphatic heterocycles. The van der Waals surface area contributed by atoms with Crippen molar-refractivity contribution in [2.75, 3.05) is 17.1 Å². The Morgan fingerprint density at radius 1 is 0.975 bits per heavy atom. The molecule has 7 nitrogen and oxygen atoms in total. The lowest BCUT2D eigenvalue weighted by Gasteiger charge is -2.34. The van der Waals surface area contributed by atoms with Gasteiger partial charge in [-0.15, -0.1) is 0 Å². The number of carbonyl (C=O) groups is 2. The Hall–Kier alpha value is -3.43. The number of anilines is 1. The second kappa shape index (κ2) is 13.8. The van der Waals surface area contributed by atoms with E-state index in [9.17, 15) is 22.4 Å². The molecule has 0 aliphatic carbocycles. The molecule has 2 amide bonds. The Morgan fingerprint density at radius 2 is 1.62 bits per heavy atom. The van der Waals surface area contributed by atoms with Crippen molar-refractivity contribution in [2.24, 2.45) is 0 Å². The highest BCUT2D eigenvalue weighted by Gasteiger charge is 2.33. The van der Waals surface area contributed by atoms with E-state index >= 15 is 0 Å². The number of benzene rings is 3. The molecular formula is C30H35ClFN3O4S. The minimum atomic E-state index is -3.92. The van der Waals surface area contributed by atoms with E-state index in [2.05, 4.69) is 5.32 Å². The Labute approximate surface area is 241 Å². The van der Waals surface area contributed by atoms with E-state index in [0.29, 0.717) is 22.6 Å². The fraction of sp³-hybridized carbons (Fsp3) is 0.333. The molecular weight excluding hydrogens is 553 g/mol. The molecule has 0 saturated heterocycles. The van der Waals surface area contributed by atoms with Gasteiger partial charge in [0, 0.05) is 24.0 Å². The zero-order valence-corrected chi connectivity index (χ0v) is 24.7. The van der Waals surface area contributed by atoms with Gasteiger partial charge in [0.1, 0.15) is 18.4 Å². The molecule has 0 aliphatic rings. The van der Waals surface area contributed by atoms with Crippen LogP contribution in [-0.2, 0) is 32.6 Å². The normalized spacial score (nSPS) is 12.8. The quantitative estimate of drug-likeness (QED) is 0.319. The summed E-state index contributed by atoms with van der Waals surface area (Å²) < 4.78 is 40.5. The van der Waals surface area contributed by atoms with Crippen LogP contribution >= 0.6 is 11.6 Å². The number of nitrogens with one attached hydrogen (secondary N) is 1. The van der Waals surface area contributed by atoms with Crippen LogP contribution in [0, 0.1) is 12.7 Å². The summed E-state index contributed by atoms with van der Waals surface area (Å²) >= 11 is 6.27. The van der Waals surface area contributed by atoms with Gasteiger partial charge >= 0.3 is 0 Å². The predicted molar refractivity (Wildman–Crippen MR) is 157 cm³/mol. The first-order valence-corrected chi connectivity index (χ1v) is 15.2. The van der Waals surface area contributed by atoms with Gasteiger partial charge in [0.25, 0.3) is 0 Å². The van der Waals surface area contributed by atoms with Crippen molar-refractivity contribution in [1.29, 1.82) is 0 Å². The van der Waals surface area contributed by atoms with Gasteiger partial charge in [0.2, 0.25) is 21.8 Å². The SMILES string of the molecule is CCC(C)NC(=O)C(Cc1ccccc1)N(Cc1ccc(F)cc1)C(=O)CN(c1cccc(Cl)c1C)S(C)(=O)=O. The minimum Gasteiger partial charge on any atom is -0.352 e. The third-order valence-corrected chi connectivity index (χ3v) is 8.26. The number of carbonyl (C=O) groups excluding carboxylic acids is 2. The van der Waals surface area contributed by atoms with E-state index in [-0.39, 0.29) is 30.6 Å². The van der Waals surface area contributed by atoms with E-state index in [1.807, 2.05) is 44.2 Å². The standard InChI is InChI=1S/C30H35ClFN3O4S/c1-5-21(2)33-30(37)28(18-23-10-7-6-8-11-23)34(19-24-14-16-25(32)17-15-24)29(36)20-35(40(4,38)39)27-13-9-12-26(31)22(27)3/h6-17,21,28H,5,18-20H2,1-4H3,(H,33,37). The van der Waals surface area contributed by atoms with Gasteiger partial charge in [-0.25, -0.2) is 12.8 Å². The van der Waals surface area contributed by atoms with Crippen LogP contribution in [0.1, 0.15) is 37.0 Å². The zero-order valence-electron chi connectivity index (χ0n) is 23.1. The molecule has 2 atom stereocenters. The largest absolute Gasteiger partial charge is 0.352 e. The van der Waals surface area contributed by atoms with Gasteiger partial charge in [0.05, 0.1) is 11.9 Å². The zero-order chi connectivity index (χ0) is 29.4. The molecule has 1 N–H and O–H groups in total. The summed E-state index contributed by atoms with van der Waals surface area (Å²) in [4.78, 5) is 29.1. The van der Waals surface area contributed by atoms with Crippen molar-refractivity contribution < 1.29 is 22.4 Å². The van der Waals surface area contributed by atoms with Crippen molar-refractivity contribution in [1.82, 2.24) is 10.2 Å². The average Bonchev–Trinajstić information content (AvgIpc) is 2.91. The molecule has 214 valence electrons. The number of sulfonamides is 1. The van der Waals surface area contributed by atoms with Crippen LogP contribution in [-0.4, -0.2) is 50.0 Å². The fourth-order valence-corrected chi connectivity index (χ4v) is 5.31. The molecule has 0 spiro atoms. The molecule has 3 aromatic carbocycles. The van der Waals surface area contributed by atoms with E-state index in [4.69, 9.17) is 11.6 Å². The Kier molecular flexibility index (Phi) is 10.7. The van der Waals surface area contributed by atoms with Crippen LogP contribution in [0.2, 0.25) is 5.02 Å². The number of nitrogens with zero attached hydrogens (tertiary/aromatic N) is 2. The second-order valence-corrected chi connectivity index (χ2v) is 12.1. The van der Waals surface area contributed by atoms with Crippen molar-refractivity contribution in [3.05, 3.63) is 100 Å². The third kappa shape index (κ3) is 8.29. The lowest BCUT2D eigenvalue weighted by molar-refractivity contribution is -0.140. The second-order valence-electron chi connectivity index (χ2n) is 9.83. The molecule has 3 rings (SSSR count). The molecule has 0 bridgehead atoms. The van der Waals surface area contributed by atoms with Gasteiger partial charge in [-0.2, -0.15) is 0 Å².